The van der Waals surface area contributed by atoms with Gasteiger partial charge in [0, 0.05) is 11.0 Å². The summed E-state index contributed by atoms with van der Waals surface area (Å²) >= 11 is 9.17. The fourth-order valence-electron chi connectivity index (χ4n) is 0.803. The van der Waals surface area contributed by atoms with Crippen LogP contribution in [0.1, 0.15) is 13.3 Å². The molecule has 0 aromatic rings. The molecule has 0 nitrogen and oxygen atoms in total. The molecule has 0 amide bonds. The van der Waals surface area contributed by atoms with Crippen LogP contribution >= 0.6 is 43.6 Å². The van der Waals surface area contributed by atoms with Gasteiger partial charge in [0.1, 0.15) is 0 Å². The Kier molecular flexibility index (Phi) is 2.32. The highest BCUT2D eigenvalue weighted by molar-refractivity contribution is 9.25. The highest BCUT2D eigenvalue weighted by Gasteiger charge is 2.32. The summed E-state index contributed by atoms with van der Waals surface area (Å²) in [5, 5.41) is 0.814. The van der Waals surface area contributed by atoms with Crippen molar-refractivity contribution < 1.29 is 0 Å². The lowest BCUT2D eigenvalue weighted by molar-refractivity contribution is 0.833. The minimum Gasteiger partial charge on any atom is -0.156 e. The number of hydrogen-bond acceptors (Lipinski definition) is 1. The lowest BCUT2D eigenvalue weighted by Gasteiger charge is -2.08. The summed E-state index contributed by atoms with van der Waals surface area (Å²) in [6.45, 7) is 2.26. The molecule has 1 aliphatic heterocycles. The van der Waals surface area contributed by atoms with E-state index in [1.54, 1.807) is 0 Å². The molecule has 8 heavy (non-hydrogen) atoms. The summed E-state index contributed by atoms with van der Waals surface area (Å²) < 4.78 is 0.254. The van der Waals surface area contributed by atoms with Crippen LogP contribution < -0.4 is 0 Å². The molecule has 0 N–H and O–H groups in total. The summed E-state index contributed by atoms with van der Waals surface area (Å²) in [5.74, 6) is 1.19. The quantitative estimate of drug-likeness (QED) is 0.603. The van der Waals surface area contributed by atoms with Crippen molar-refractivity contribution in [1.29, 1.82) is 0 Å². The van der Waals surface area contributed by atoms with Crippen molar-refractivity contribution in [1.82, 2.24) is 0 Å². The smallest absolute Gasteiger partial charge is 0.0905 e. The number of hydrogen-bond donors (Lipinski definition) is 0. The van der Waals surface area contributed by atoms with Crippen LogP contribution in [0.3, 0.4) is 0 Å². The van der Waals surface area contributed by atoms with Gasteiger partial charge in [-0.2, -0.15) is 11.8 Å². The molecule has 1 heterocycles. The lowest BCUT2D eigenvalue weighted by Crippen LogP contribution is -2.08. The third kappa shape index (κ3) is 1.92. The Labute approximate surface area is 71.1 Å². The van der Waals surface area contributed by atoms with Crippen LogP contribution in [-0.2, 0) is 0 Å². The van der Waals surface area contributed by atoms with Gasteiger partial charge in [-0.05, 0) is 6.42 Å². The molecule has 0 bridgehead atoms. The zero-order valence-corrected chi connectivity index (χ0v) is 8.64. The van der Waals surface area contributed by atoms with Gasteiger partial charge in [-0.1, -0.05) is 38.8 Å². The van der Waals surface area contributed by atoms with Crippen molar-refractivity contribution in [3.63, 3.8) is 0 Å². The molecule has 1 atom stereocenters. The zero-order valence-electron chi connectivity index (χ0n) is 4.66. The molecular formula is C5H8Br2S. The Morgan fingerprint density at radius 2 is 2.25 bits per heavy atom. The van der Waals surface area contributed by atoms with Gasteiger partial charge in [0.15, 0.2) is 0 Å². The second-order valence-electron chi connectivity index (χ2n) is 2.18. The highest BCUT2D eigenvalue weighted by Crippen LogP contribution is 2.44. The number of thioether (sulfide) groups is 1. The molecule has 0 radical (unpaired) electrons. The van der Waals surface area contributed by atoms with E-state index in [0.29, 0.717) is 0 Å². The third-order valence-corrected chi connectivity index (χ3v) is 4.51. The van der Waals surface area contributed by atoms with E-state index in [4.69, 9.17) is 0 Å². The minimum atomic E-state index is 0.254. The van der Waals surface area contributed by atoms with Crippen LogP contribution in [0.2, 0.25) is 0 Å². The molecule has 1 unspecified atom stereocenters. The Morgan fingerprint density at radius 3 is 2.38 bits per heavy atom. The van der Waals surface area contributed by atoms with Crippen LogP contribution in [0, 0.1) is 0 Å². The molecule has 0 aliphatic carbocycles. The molecule has 3 heteroatoms. The van der Waals surface area contributed by atoms with Gasteiger partial charge in [0.2, 0.25) is 0 Å². The molecule has 1 saturated heterocycles. The standard InChI is InChI=1S/C5H8Br2S/c1-4-2-5(6,7)3-8-4/h4H,2-3H2,1H3. The maximum atomic E-state index is 3.58. The first-order valence-corrected chi connectivity index (χ1v) is 5.23. The normalized spacial score (nSPS) is 35.6. The van der Waals surface area contributed by atoms with E-state index in [2.05, 4.69) is 38.8 Å². The SMILES string of the molecule is CC1CC(Br)(Br)CS1. The predicted octanol–water partition coefficient (Wildman–Crippen LogP) is 3.00. The Hall–Kier alpha value is 1.31. The first kappa shape index (κ1) is 7.42. The second-order valence-corrected chi connectivity index (χ2v) is 7.71. The summed E-state index contributed by atoms with van der Waals surface area (Å²) in [5.41, 5.74) is 0. The van der Waals surface area contributed by atoms with Crippen LogP contribution in [-0.4, -0.2) is 14.2 Å². The average Bonchev–Trinajstić information content (AvgIpc) is 1.82. The summed E-state index contributed by atoms with van der Waals surface area (Å²) in [6.07, 6.45) is 1.23. The summed E-state index contributed by atoms with van der Waals surface area (Å²) in [7, 11) is 0. The van der Waals surface area contributed by atoms with E-state index in [9.17, 15) is 0 Å². The summed E-state index contributed by atoms with van der Waals surface area (Å²) in [4.78, 5) is 0. The Morgan fingerprint density at radius 1 is 1.62 bits per heavy atom. The van der Waals surface area contributed by atoms with Crippen molar-refractivity contribution in [2.24, 2.45) is 0 Å². The first-order valence-electron chi connectivity index (χ1n) is 2.60. The van der Waals surface area contributed by atoms with Crippen molar-refractivity contribution in [2.75, 3.05) is 5.75 Å². The van der Waals surface area contributed by atoms with Crippen LogP contribution in [0.15, 0.2) is 0 Å². The lowest BCUT2D eigenvalue weighted by atomic mass is 10.3. The van der Waals surface area contributed by atoms with E-state index >= 15 is 0 Å². The number of rotatable bonds is 0. The highest BCUT2D eigenvalue weighted by atomic mass is 79.9. The van der Waals surface area contributed by atoms with Gasteiger partial charge in [0.25, 0.3) is 0 Å². The number of alkyl halides is 2. The largest absolute Gasteiger partial charge is 0.156 e. The molecular weight excluding hydrogens is 252 g/mol. The maximum Gasteiger partial charge on any atom is 0.0905 e. The third-order valence-electron chi connectivity index (χ3n) is 1.17. The van der Waals surface area contributed by atoms with Gasteiger partial charge in [0.05, 0.1) is 3.23 Å². The fourth-order valence-corrected chi connectivity index (χ4v) is 4.04. The maximum absolute atomic E-state index is 3.58. The van der Waals surface area contributed by atoms with Crippen molar-refractivity contribution in [2.45, 2.75) is 21.8 Å². The second kappa shape index (κ2) is 2.51. The van der Waals surface area contributed by atoms with Crippen molar-refractivity contribution in [3.05, 3.63) is 0 Å². The van der Waals surface area contributed by atoms with Gasteiger partial charge in [-0.25, -0.2) is 0 Å². The predicted molar refractivity (Wildman–Crippen MR) is 47.1 cm³/mol. The van der Waals surface area contributed by atoms with Gasteiger partial charge in [-0.3, -0.25) is 0 Å². The van der Waals surface area contributed by atoms with Crippen LogP contribution in [0.4, 0.5) is 0 Å². The minimum absolute atomic E-state index is 0.254. The molecule has 0 aromatic carbocycles. The Balaban J connectivity index is 2.44. The van der Waals surface area contributed by atoms with Gasteiger partial charge in [-0.15, -0.1) is 0 Å². The Bertz CT molecular complexity index is 92.4. The van der Waals surface area contributed by atoms with E-state index in [1.807, 2.05) is 11.8 Å². The van der Waals surface area contributed by atoms with Gasteiger partial charge >= 0.3 is 0 Å². The van der Waals surface area contributed by atoms with Crippen molar-refractivity contribution >= 4 is 43.6 Å². The molecule has 1 aliphatic rings. The summed E-state index contributed by atoms with van der Waals surface area (Å²) in [6, 6.07) is 0. The molecule has 1 fully saturated rings. The molecule has 0 aromatic heterocycles. The van der Waals surface area contributed by atoms with E-state index in [0.717, 1.165) is 5.25 Å². The van der Waals surface area contributed by atoms with Crippen LogP contribution in [0.25, 0.3) is 0 Å². The van der Waals surface area contributed by atoms with E-state index in [-0.39, 0.29) is 3.23 Å². The number of halogens is 2. The fraction of sp³-hybridized carbons (Fsp3) is 1.00. The first-order chi connectivity index (χ1) is 3.60. The molecule has 0 saturated carbocycles. The van der Waals surface area contributed by atoms with Gasteiger partial charge < -0.3 is 0 Å². The average molecular weight is 260 g/mol. The van der Waals surface area contributed by atoms with E-state index in [1.165, 1.54) is 12.2 Å². The molecule has 48 valence electrons. The van der Waals surface area contributed by atoms with Crippen LogP contribution in [0.5, 0.6) is 0 Å². The monoisotopic (exact) mass is 258 g/mol. The van der Waals surface area contributed by atoms with Crippen molar-refractivity contribution in [3.8, 4) is 0 Å². The molecule has 0 spiro atoms. The molecule has 1 rings (SSSR count). The topological polar surface area (TPSA) is 0 Å². The van der Waals surface area contributed by atoms with E-state index < -0.39 is 0 Å². The zero-order chi connectivity index (χ0) is 6.20.